The van der Waals surface area contributed by atoms with Crippen LogP contribution in [0.3, 0.4) is 0 Å². The van der Waals surface area contributed by atoms with Gasteiger partial charge in [0.05, 0.1) is 5.57 Å². The smallest absolute Gasteiger partial charge is 0.278 e. The Bertz CT molecular complexity index is 1000. The van der Waals surface area contributed by atoms with Crippen molar-refractivity contribution in [2.45, 2.75) is 46.6 Å². The highest BCUT2D eigenvalue weighted by Gasteiger charge is 2.43. The molecule has 2 aromatic rings. The summed E-state index contributed by atoms with van der Waals surface area (Å²) in [7, 11) is 0. The number of aryl methyl sites for hydroxylation is 3. The number of rotatable bonds is 3. The second kappa shape index (κ2) is 6.93. The molecule has 4 heteroatoms. The predicted octanol–water partition coefficient (Wildman–Crippen LogP) is 4.24. The van der Waals surface area contributed by atoms with Gasteiger partial charge in [-0.1, -0.05) is 36.4 Å². The highest BCUT2D eigenvalue weighted by molar-refractivity contribution is 6.37. The van der Waals surface area contributed by atoms with E-state index in [1.807, 2.05) is 51.1 Å². The Kier molecular flexibility index (Phi) is 4.58. The molecular weight excluding hydrogens is 348 g/mol. The summed E-state index contributed by atoms with van der Waals surface area (Å²) in [5, 5.41) is 0. The number of nitrogens with zero attached hydrogens (tertiary/aromatic N) is 2. The lowest BCUT2D eigenvalue weighted by Gasteiger charge is -2.32. The minimum Gasteiger partial charge on any atom is -0.336 e. The number of fused-ring (bicyclic) bond motifs is 1. The molecular formula is C24H26N2O2. The van der Waals surface area contributed by atoms with E-state index in [0.29, 0.717) is 11.3 Å². The molecule has 2 aliphatic rings. The van der Waals surface area contributed by atoms with Crippen LogP contribution in [0, 0.1) is 13.8 Å². The molecule has 28 heavy (non-hydrogen) atoms. The van der Waals surface area contributed by atoms with E-state index in [1.54, 1.807) is 0 Å². The number of benzene rings is 2. The Morgan fingerprint density at radius 2 is 1.68 bits per heavy atom. The first-order valence-corrected chi connectivity index (χ1v) is 9.95. The van der Waals surface area contributed by atoms with Gasteiger partial charge in [0.25, 0.3) is 11.8 Å². The minimum absolute atomic E-state index is 0.181. The maximum Gasteiger partial charge on any atom is 0.278 e. The van der Waals surface area contributed by atoms with Crippen LogP contribution < -0.4 is 4.90 Å². The topological polar surface area (TPSA) is 40.6 Å². The zero-order valence-corrected chi connectivity index (χ0v) is 17.0. The van der Waals surface area contributed by atoms with Crippen molar-refractivity contribution in [2.24, 2.45) is 0 Å². The average molecular weight is 374 g/mol. The number of anilines is 1. The minimum atomic E-state index is -0.193. The quantitative estimate of drug-likeness (QED) is 0.755. The fraction of sp³-hybridized carbons (Fsp3) is 0.333. The number of carbonyl (C=O) groups excluding carboxylic acids is 2. The molecule has 2 amide bonds. The molecule has 4 nitrogen and oxygen atoms in total. The van der Waals surface area contributed by atoms with Crippen molar-refractivity contribution >= 4 is 23.1 Å². The zero-order chi connectivity index (χ0) is 20.0. The van der Waals surface area contributed by atoms with Gasteiger partial charge in [-0.05, 0) is 68.9 Å². The van der Waals surface area contributed by atoms with Gasteiger partial charge >= 0.3 is 0 Å². The Morgan fingerprint density at radius 3 is 2.39 bits per heavy atom. The van der Waals surface area contributed by atoms with Crippen LogP contribution in [0.4, 0.5) is 5.69 Å². The molecule has 0 atom stereocenters. The molecule has 0 aromatic heterocycles. The van der Waals surface area contributed by atoms with Gasteiger partial charge in [0.2, 0.25) is 0 Å². The van der Waals surface area contributed by atoms with E-state index in [-0.39, 0.29) is 17.9 Å². The van der Waals surface area contributed by atoms with Crippen LogP contribution in [0.5, 0.6) is 0 Å². The number of imide groups is 1. The summed E-state index contributed by atoms with van der Waals surface area (Å²) < 4.78 is 0. The lowest BCUT2D eigenvalue weighted by atomic mass is 9.97. The van der Waals surface area contributed by atoms with Crippen LogP contribution in [-0.4, -0.2) is 29.3 Å². The summed E-state index contributed by atoms with van der Waals surface area (Å²) >= 11 is 0. The number of hydrogen-bond acceptors (Lipinski definition) is 3. The molecule has 2 aromatic carbocycles. The van der Waals surface area contributed by atoms with Crippen LogP contribution in [-0.2, 0) is 16.0 Å². The summed E-state index contributed by atoms with van der Waals surface area (Å²) in [5.74, 6) is -0.383. The molecule has 0 spiro atoms. The van der Waals surface area contributed by atoms with E-state index in [0.717, 1.165) is 36.2 Å². The van der Waals surface area contributed by atoms with Crippen LogP contribution in [0.25, 0.3) is 5.57 Å². The standard InChI is InChI=1S/C24H26N2O2/c1-15(2)26-23(27)21(19-12-11-16(3)17(4)14-19)22(24(26)28)25-13-7-9-18-8-5-6-10-20(18)25/h5-6,8,10-12,14-15H,7,9,13H2,1-4H3. The largest absolute Gasteiger partial charge is 0.336 e. The SMILES string of the molecule is Cc1ccc(C2=C(N3CCCc4ccccc43)C(=O)N(C(C)C)C2=O)cc1C. The van der Waals surface area contributed by atoms with E-state index in [1.165, 1.54) is 16.0 Å². The molecule has 0 fully saturated rings. The summed E-state index contributed by atoms with van der Waals surface area (Å²) in [6.07, 6.45) is 1.96. The summed E-state index contributed by atoms with van der Waals surface area (Å²) in [5.41, 5.74) is 6.43. The second-order valence-electron chi connectivity index (χ2n) is 7.98. The maximum absolute atomic E-state index is 13.4. The Morgan fingerprint density at radius 1 is 0.929 bits per heavy atom. The normalized spacial score (nSPS) is 17.0. The molecule has 0 radical (unpaired) electrons. The van der Waals surface area contributed by atoms with Gasteiger partial charge in [-0.15, -0.1) is 0 Å². The summed E-state index contributed by atoms with van der Waals surface area (Å²) in [4.78, 5) is 30.2. The molecule has 2 heterocycles. The molecule has 0 unspecified atom stereocenters. The molecule has 0 saturated heterocycles. The molecule has 0 bridgehead atoms. The van der Waals surface area contributed by atoms with Gasteiger partial charge < -0.3 is 4.90 Å². The van der Waals surface area contributed by atoms with Gasteiger partial charge in [0, 0.05) is 18.3 Å². The molecule has 0 aliphatic carbocycles. The second-order valence-corrected chi connectivity index (χ2v) is 7.98. The Balaban J connectivity index is 1.94. The number of para-hydroxylation sites is 1. The van der Waals surface area contributed by atoms with Crippen molar-refractivity contribution in [2.75, 3.05) is 11.4 Å². The van der Waals surface area contributed by atoms with Crippen molar-refractivity contribution in [1.29, 1.82) is 0 Å². The molecule has 2 aliphatic heterocycles. The fourth-order valence-corrected chi connectivity index (χ4v) is 4.18. The van der Waals surface area contributed by atoms with Crippen LogP contribution in [0.2, 0.25) is 0 Å². The third kappa shape index (κ3) is 2.84. The number of carbonyl (C=O) groups is 2. The van der Waals surface area contributed by atoms with Crippen LogP contribution in [0.15, 0.2) is 48.2 Å². The monoisotopic (exact) mass is 374 g/mol. The van der Waals surface area contributed by atoms with Crippen molar-refractivity contribution in [3.8, 4) is 0 Å². The van der Waals surface area contributed by atoms with Gasteiger partial charge in [-0.25, -0.2) is 0 Å². The van der Waals surface area contributed by atoms with Crippen molar-refractivity contribution in [1.82, 2.24) is 4.90 Å². The first-order chi connectivity index (χ1) is 13.4. The number of hydrogen-bond donors (Lipinski definition) is 0. The predicted molar refractivity (Wildman–Crippen MR) is 112 cm³/mol. The van der Waals surface area contributed by atoms with Gasteiger partial charge in [-0.2, -0.15) is 0 Å². The zero-order valence-electron chi connectivity index (χ0n) is 17.0. The lowest BCUT2D eigenvalue weighted by molar-refractivity contribution is -0.138. The van der Waals surface area contributed by atoms with Gasteiger partial charge in [0.1, 0.15) is 5.70 Å². The van der Waals surface area contributed by atoms with Crippen molar-refractivity contribution in [3.63, 3.8) is 0 Å². The molecule has 4 rings (SSSR count). The summed E-state index contributed by atoms with van der Waals surface area (Å²) in [6.45, 7) is 8.61. The summed E-state index contributed by atoms with van der Waals surface area (Å²) in [6, 6.07) is 14.0. The third-order valence-corrected chi connectivity index (χ3v) is 5.78. The maximum atomic E-state index is 13.4. The number of amides is 2. The Labute approximate surface area is 166 Å². The fourth-order valence-electron chi connectivity index (χ4n) is 4.18. The van der Waals surface area contributed by atoms with E-state index >= 15 is 0 Å². The first kappa shape index (κ1) is 18.5. The third-order valence-electron chi connectivity index (χ3n) is 5.78. The van der Waals surface area contributed by atoms with E-state index in [2.05, 4.69) is 24.0 Å². The van der Waals surface area contributed by atoms with Gasteiger partial charge in [-0.3, -0.25) is 14.5 Å². The van der Waals surface area contributed by atoms with E-state index < -0.39 is 0 Å². The van der Waals surface area contributed by atoms with Crippen molar-refractivity contribution < 1.29 is 9.59 Å². The van der Waals surface area contributed by atoms with Crippen molar-refractivity contribution in [3.05, 3.63) is 70.4 Å². The first-order valence-electron chi connectivity index (χ1n) is 9.95. The van der Waals surface area contributed by atoms with E-state index in [9.17, 15) is 9.59 Å². The molecule has 0 N–H and O–H groups in total. The van der Waals surface area contributed by atoms with Gasteiger partial charge in [0.15, 0.2) is 0 Å². The average Bonchev–Trinajstić information content (AvgIpc) is 2.94. The lowest BCUT2D eigenvalue weighted by Crippen LogP contribution is -2.40. The van der Waals surface area contributed by atoms with Crippen LogP contribution >= 0.6 is 0 Å². The highest BCUT2D eigenvalue weighted by Crippen LogP contribution is 2.38. The van der Waals surface area contributed by atoms with E-state index in [4.69, 9.17) is 0 Å². The highest BCUT2D eigenvalue weighted by atomic mass is 16.2. The van der Waals surface area contributed by atoms with Crippen LogP contribution in [0.1, 0.15) is 42.5 Å². The molecule has 144 valence electrons. The molecule has 0 saturated carbocycles. The Hall–Kier alpha value is -2.88.